The summed E-state index contributed by atoms with van der Waals surface area (Å²) >= 11 is 0. The highest BCUT2D eigenvalue weighted by atomic mass is 16.5. The quantitative estimate of drug-likeness (QED) is 0.706. The first-order chi connectivity index (χ1) is 12.7. The fourth-order valence-corrected chi connectivity index (χ4v) is 2.61. The van der Waals surface area contributed by atoms with Crippen molar-refractivity contribution in [1.29, 1.82) is 0 Å². The molecule has 3 aromatic rings. The number of benzene rings is 2. The third-order valence-corrected chi connectivity index (χ3v) is 3.93. The van der Waals surface area contributed by atoms with Crippen molar-refractivity contribution in [2.24, 2.45) is 0 Å². The van der Waals surface area contributed by atoms with Crippen molar-refractivity contribution >= 4 is 5.91 Å². The lowest BCUT2D eigenvalue weighted by atomic mass is 10.1. The number of carbonyl (C=O) groups excluding carboxylic acids is 1. The summed E-state index contributed by atoms with van der Waals surface area (Å²) in [4.78, 5) is 16.4. The molecule has 0 saturated carbocycles. The first-order valence-corrected chi connectivity index (χ1v) is 8.10. The Morgan fingerprint density at radius 2 is 1.85 bits per heavy atom. The summed E-state index contributed by atoms with van der Waals surface area (Å²) in [6.07, 6.45) is 3.19. The second kappa shape index (κ2) is 8.15. The maximum Gasteiger partial charge on any atom is 0.255 e. The molecule has 0 atom stereocenters. The van der Waals surface area contributed by atoms with Crippen LogP contribution in [0.25, 0.3) is 0 Å². The van der Waals surface area contributed by atoms with Crippen LogP contribution < -0.4 is 14.8 Å². The molecule has 134 valence electrons. The van der Waals surface area contributed by atoms with Crippen molar-refractivity contribution in [2.75, 3.05) is 14.2 Å². The molecule has 7 heteroatoms. The average molecular weight is 352 g/mol. The van der Waals surface area contributed by atoms with Crippen LogP contribution in [0.4, 0.5) is 0 Å². The van der Waals surface area contributed by atoms with Gasteiger partial charge in [-0.3, -0.25) is 4.79 Å². The van der Waals surface area contributed by atoms with Gasteiger partial charge in [-0.15, -0.1) is 0 Å². The van der Waals surface area contributed by atoms with Crippen LogP contribution in [-0.4, -0.2) is 34.9 Å². The van der Waals surface area contributed by atoms with E-state index in [-0.39, 0.29) is 5.91 Å². The number of nitrogens with one attached hydrogen (secondary N) is 1. The number of methoxy groups -OCH3 is 2. The summed E-state index contributed by atoms with van der Waals surface area (Å²) < 4.78 is 12.3. The standard InChI is InChI=1S/C19H20N4O3/c1-25-17-5-3-4-16(18(17)26-2)19(24)21-10-14-6-8-15(9-7-14)11-23-13-20-12-22-23/h3-9,12-13H,10-11H2,1-2H3,(H,21,24). The lowest BCUT2D eigenvalue weighted by molar-refractivity contribution is 0.0947. The van der Waals surface area contributed by atoms with E-state index in [2.05, 4.69) is 15.4 Å². The third-order valence-electron chi connectivity index (χ3n) is 3.93. The van der Waals surface area contributed by atoms with Gasteiger partial charge in [0, 0.05) is 6.54 Å². The Hall–Kier alpha value is -3.35. The van der Waals surface area contributed by atoms with Crippen molar-refractivity contribution in [3.63, 3.8) is 0 Å². The van der Waals surface area contributed by atoms with Gasteiger partial charge in [-0.2, -0.15) is 5.10 Å². The molecule has 1 heterocycles. The summed E-state index contributed by atoms with van der Waals surface area (Å²) in [6.45, 7) is 1.08. The maximum absolute atomic E-state index is 12.5. The Kier molecular flexibility index (Phi) is 5.48. The molecule has 7 nitrogen and oxygen atoms in total. The smallest absolute Gasteiger partial charge is 0.255 e. The van der Waals surface area contributed by atoms with Crippen molar-refractivity contribution < 1.29 is 14.3 Å². The van der Waals surface area contributed by atoms with E-state index in [0.29, 0.717) is 30.2 Å². The minimum atomic E-state index is -0.215. The second-order valence-corrected chi connectivity index (χ2v) is 5.63. The fourth-order valence-electron chi connectivity index (χ4n) is 2.61. The molecule has 0 spiro atoms. The molecule has 0 aliphatic heterocycles. The molecule has 1 amide bonds. The Labute approximate surface area is 151 Å². The van der Waals surface area contributed by atoms with E-state index in [0.717, 1.165) is 11.1 Å². The molecule has 26 heavy (non-hydrogen) atoms. The third kappa shape index (κ3) is 4.00. The lowest BCUT2D eigenvalue weighted by Crippen LogP contribution is -2.23. The largest absolute Gasteiger partial charge is 0.493 e. The van der Waals surface area contributed by atoms with Crippen molar-refractivity contribution in [3.8, 4) is 11.5 Å². The predicted molar refractivity (Wildman–Crippen MR) is 96.3 cm³/mol. The van der Waals surface area contributed by atoms with Crippen LogP contribution in [0.1, 0.15) is 21.5 Å². The topological polar surface area (TPSA) is 78.3 Å². The molecule has 0 aliphatic carbocycles. The van der Waals surface area contributed by atoms with Gasteiger partial charge in [0.15, 0.2) is 11.5 Å². The molecule has 0 fully saturated rings. The van der Waals surface area contributed by atoms with E-state index in [4.69, 9.17) is 9.47 Å². The van der Waals surface area contributed by atoms with Crippen LogP contribution in [0.2, 0.25) is 0 Å². The van der Waals surface area contributed by atoms with Crippen molar-refractivity contribution in [2.45, 2.75) is 13.1 Å². The Bertz CT molecular complexity index is 861. The summed E-state index contributed by atoms with van der Waals surface area (Å²) in [5, 5.41) is 6.99. The fraction of sp³-hybridized carbons (Fsp3) is 0.211. The van der Waals surface area contributed by atoms with E-state index < -0.39 is 0 Å². The number of amides is 1. The first-order valence-electron chi connectivity index (χ1n) is 8.10. The molecule has 0 unspecified atom stereocenters. The van der Waals surface area contributed by atoms with Crippen molar-refractivity contribution in [1.82, 2.24) is 20.1 Å². The molecular formula is C19H20N4O3. The number of para-hydroxylation sites is 1. The van der Waals surface area contributed by atoms with Crippen LogP contribution in [0.15, 0.2) is 55.1 Å². The molecule has 0 aliphatic rings. The molecule has 0 saturated heterocycles. The molecule has 1 N–H and O–H groups in total. The number of hydrogen-bond donors (Lipinski definition) is 1. The number of carbonyl (C=O) groups is 1. The zero-order chi connectivity index (χ0) is 18.4. The zero-order valence-corrected chi connectivity index (χ0v) is 14.7. The van der Waals surface area contributed by atoms with E-state index >= 15 is 0 Å². The maximum atomic E-state index is 12.5. The van der Waals surface area contributed by atoms with Crippen LogP contribution in [0, 0.1) is 0 Å². The minimum absolute atomic E-state index is 0.215. The van der Waals surface area contributed by atoms with Crippen molar-refractivity contribution in [3.05, 3.63) is 71.8 Å². The van der Waals surface area contributed by atoms with Gasteiger partial charge in [0.2, 0.25) is 0 Å². The first kappa shape index (κ1) is 17.5. The normalized spacial score (nSPS) is 10.4. The molecule has 0 bridgehead atoms. The molecule has 2 aromatic carbocycles. The highest BCUT2D eigenvalue weighted by Gasteiger charge is 2.15. The average Bonchev–Trinajstić information content (AvgIpc) is 3.19. The summed E-state index contributed by atoms with van der Waals surface area (Å²) in [7, 11) is 3.06. The monoisotopic (exact) mass is 352 g/mol. The molecule has 3 rings (SSSR count). The van der Waals surface area contributed by atoms with Gasteiger partial charge in [0.05, 0.1) is 26.3 Å². The van der Waals surface area contributed by atoms with Gasteiger partial charge in [-0.05, 0) is 23.3 Å². The predicted octanol–water partition coefficient (Wildman–Crippen LogP) is 2.27. The van der Waals surface area contributed by atoms with Gasteiger partial charge in [0.25, 0.3) is 5.91 Å². The highest BCUT2D eigenvalue weighted by molar-refractivity contribution is 5.97. The molecule has 1 aromatic heterocycles. The molecule has 0 radical (unpaired) electrons. The van der Waals surface area contributed by atoms with E-state index in [1.165, 1.54) is 13.4 Å². The van der Waals surface area contributed by atoms with E-state index in [1.807, 2.05) is 24.3 Å². The summed E-state index contributed by atoms with van der Waals surface area (Å²) in [5.74, 6) is 0.737. The number of rotatable bonds is 7. The summed E-state index contributed by atoms with van der Waals surface area (Å²) in [6, 6.07) is 13.2. The van der Waals surface area contributed by atoms with Gasteiger partial charge < -0.3 is 14.8 Å². The van der Waals surface area contributed by atoms with E-state index in [9.17, 15) is 4.79 Å². The Morgan fingerprint density at radius 1 is 1.08 bits per heavy atom. The van der Waals surface area contributed by atoms with Crippen LogP contribution >= 0.6 is 0 Å². The van der Waals surface area contributed by atoms with E-state index in [1.54, 1.807) is 36.3 Å². The van der Waals surface area contributed by atoms with Crippen LogP contribution in [0.3, 0.4) is 0 Å². The van der Waals surface area contributed by atoms with Crippen LogP contribution in [-0.2, 0) is 13.1 Å². The zero-order valence-electron chi connectivity index (χ0n) is 14.7. The van der Waals surface area contributed by atoms with Gasteiger partial charge in [-0.25, -0.2) is 9.67 Å². The van der Waals surface area contributed by atoms with Gasteiger partial charge in [0.1, 0.15) is 12.7 Å². The lowest BCUT2D eigenvalue weighted by Gasteiger charge is -2.12. The van der Waals surface area contributed by atoms with Gasteiger partial charge in [-0.1, -0.05) is 30.3 Å². The second-order valence-electron chi connectivity index (χ2n) is 5.63. The highest BCUT2D eigenvalue weighted by Crippen LogP contribution is 2.30. The number of aromatic nitrogens is 3. The van der Waals surface area contributed by atoms with Crippen LogP contribution in [0.5, 0.6) is 11.5 Å². The number of ether oxygens (including phenoxy) is 2. The minimum Gasteiger partial charge on any atom is -0.493 e. The number of nitrogens with zero attached hydrogens (tertiary/aromatic N) is 3. The SMILES string of the molecule is COc1cccc(C(=O)NCc2ccc(Cn3cncn3)cc2)c1OC. The number of hydrogen-bond acceptors (Lipinski definition) is 5. The Balaban J connectivity index is 1.63. The van der Waals surface area contributed by atoms with Gasteiger partial charge >= 0.3 is 0 Å². The molecular weight excluding hydrogens is 332 g/mol. The Morgan fingerprint density at radius 3 is 2.50 bits per heavy atom. The summed E-state index contributed by atoms with van der Waals surface area (Å²) in [5.41, 5.74) is 2.55.